The zero-order valence-corrected chi connectivity index (χ0v) is 20.9. The molecule has 1 heterocycles. The smallest absolute Gasteiger partial charge is 0.337 e. The molecule has 0 fully saturated rings. The summed E-state index contributed by atoms with van der Waals surface area (Å²) < 4.78 is 12.8. The fourth-order valence-electron chi connectivity index (χ4n) is 3.53. The van der Waals surface area contributed by atoms with Gasteiger partial charge in [0.1, 0.15) is 5.58 Å². The molecule has 0 aliphatic carbocycles. The number of para-hydroxylation sites is 1. The Kier molecular flexibility index (Phi) is 7.83. The van der Waals surface area contributed by atoms with Crippen LogP contribution < -0.4 is 0 Å². The van der Waals surface area contributed by atoms with Gasteiger partial charge in [0.15, 0.2) is 12.3 Å². The van der Waals surface area contributed by atoms with E-state index in [0.717, 1.165) is 33.8 Å². The Bertz CT molecular complexity index is 1320. The third-order valence-corrected chi connectivity index (χ3v) is 6.48. The third-order valence-electron chi connectivity index (χ3n) is 5.46. The lowest BCUT2D eigenvalue weighted by atomic mass is 10.1. The zero-order chi connectivity index (χ0) is 24.8. The molecule has 0 radical (unpaired) electrons. The average Bonchev–Trinajstić information content (AvgIpc) is 3.29. The Balaban J connectivity index is 1.44. The van der Waals surface area contributed by atoms with Crippen molar-refractivity contribution in [3.8, 4) is 0 Å². The second-order valence-electron chi connectivity index (χ2n) is 8.69. The van der Waals surface area contributed by atoms with Crippen molar-refractivity contribution >= 4 is 46.6 Å². The summed E-state index contributed by atoms with van der Waals surface area (Å²) in [5.74, 6) is 0.413. The van der Waals surface area contributed by atoms with Crippen LogP contribution in [0.4, 0.5) is 5.69 Å². The molecule has 5 nitrogen and oxygen atoms in total. The molecule has 0 spiro atoms. The van der Waals surface area contributed by atoms with Gasteiger partial charge in [-0.1, -0.05) is 43.8 Å². The number of fused-ring (bicyclic) bond motifs is 1. The lowest BCUT2D eigenvalue weighted by molar-refractivity contribution is -0.445. The summed E-state index contributed by atoms with van der Waals surface area (Å²) in [6.07, 6.45) is 2.47. The van der Waals surface area contributed by atoms with Gasteiger partial charge in [-0.15, -0.1) is 0 Å². The van der Waals surface area contributed by atoms with Crippen LogP contribution in [0.3, 0.4) is 0 Å². The number of ketones is 1. The molecular weight excluding hydrogens is 458 g/mol. The molecule has 0 aliphatic rings. The standard InChI is InChI=1S/C29H28NO4S/c1-20(2)16-17-30(19-33-21(3)31)24-10-14-26(15-11-24)35-25-12-8-22(9-13-25)29(32)28-18-23-6-4-5-7-27(23)34-28/h4-15,18-20H,16-17H2,1-3H3/q+1. The van der Waals surface area contributed by atoms with E-state index in [4.69, 9.17) is 9.15 Å². The molecule has 6 heteroatoms. The molecule has 3 aromatic carbocycles. The van der Waals surface area contributed by atoms with E-state index in [-0.39, 0.29) is 11.8 Å². The second-order valence-corrected chi connectivity index (χ2v) is 9.84. The summed E-state index contributed by atoms with van der Waals surface area (Å²) in [5.41, 5.74) is 2.26. The van der Waals surface area contributed by atoms with Crippen LogP contribution in [0.15, 0.2) is 93.1 Å². The molecule has 1 aromatic heterocycles. The van der Waals surface area contributed by atoms with Crippen molar-refractivity contribution in [3.05, 3.63) is 90.2 Å². The van der Waals surface area contributed by atoms with Gasteiger partial charge in [-0.3, -0.25) is 9.59 Å². The van der Waals surface area contributed by atoms with Gasteiger partial charge >= 0.3 is 12.4 Å². The second kappa shape index (κ2) is 11.2. The SMILES string of the molecule is CC(=O)OC=[N+](CCC(C)C)c1ccc(Sc2ccc(C(=O)c3cc4ccccc4o3)cc2)cc1. The number of rotatable bonds is 9. The molecule has 0 atom stereocenters. The lowest BCUT2D eigenvalue weighted by Crippen LogP contribution is -2.14. The zero-order valence-electron chi connectivity index (χ0n) is 20.1. The topological polar surface area (TPSA) is 59.5 Å². The van der Waals surface area contributed by atoms with Crippen LogP contribution in [0, 0.1) is 5.92 Å². The van der Waals surface area contributed by atoms with Crippen LogP contribution in [-0.2, 0) is 9.53 Å². The van der Waals surface area contributed by atoms with E-state index < -0.39 is 0 Å². The van der Waals surface area contributed by atoms with Crippen molar-refractivity contribution in [3.63, 3.8) is 0 Å². The minimum absolute atomic E-state index is 0.132. The number of esters is 1. The van der Waals surface area contributed by atoms with E-state index in [1.807, 2.05) is 77.4 Å². The first kappa shape index (κ1) is 24.5. The van der Waals surface area contributed by atoms with Crippen LogP contribution in [0.25, 0.3) is 11.0 Å². The van der Waals surface area contributed by atoms with E-state index in [9.17, 15) is 9.59 Å². The van der Waals surface area contributed by atoms with Gasteiger partial charge in [-0.25, -0.2) is 0 Å². The fourth-order valence-corrected chi connectivity index (χ4v) is 4.35. The molecule has 0 bridgehead atoms. The van der Waals surface area contributed by atoms with Crippen molar-refractivity contribution in [2.45, 2.75) is 37.0 Å². The number of ether oxygens (including phenoxy) is 1. The molecule has 4 aromatic rings. The maximum absolute atomic E-state index is 12.8. The van der Waals surface area contributed by atoms with Crippen LogP contribution >= 0.6 is 11.8 Å². The van der Waals surface area contributed by atoms with Gasteiger partial charge in [0.25, 0.3) is 0 Å². The highest BCUT2D eigenvalue weighted by atomic mass is 32.2. The predicted octanol–water partition coefficient (Wildman–Crippen LogP) is 7.10. The highest BCUT2D eigenvalue weighted by molar-refractivity contribution is 7.99. The van der Waals surface area contributed by atoms with Crippen molar-refractivity contribution in [2.75, 3.05) is 6.54 Å². The Morgan fingerprint density at radius 2 is 1.63 bits per heavy atom. The van der Waals surface area contributed by atoms with Crippen molar-refractivity contribution in [1.29, 1.82) is 0 Å². The van der Waals surface area contributed by atoms with Crippen LogP contribution in [0.5, 0.6) is 0 Å². The lowest BCUT2D eigenvalue weighted by Gasteiger charge is -2.07. The molecule has 0 amide bonds. The molecule has 35 heavy (non-hydrogen) atoms. The minimum atomic E-state index is -0.339. The van der Waals surface area contributed by atoms with Gasteiger partial charge in [-0.05, 0) is 54.4 Å². The summed E-state index contributed by atoms with van der Waals surface area (Å²) in [4.78, 5) is 26.2. The normalized spacial score (nSPS) is 11.7. The van der Waals surface area contributed by atoms with E-state index in [1.54, 1.807) is 17.8 Å². The average molecular weight is 487 g/mol. The first-order chi connectivity index (χ1) is 16.9. The van der Waals surface area contributed by atoms with Gasteiger partial charge < -0.3 is 9.15 Å². The Morgan fingerprint density at radius 3 is 2.26 bits per heavy atom. The maximum Gasteiger partial charge on any atom is 0.337 e. The Hall–Kier alpha value is -3.64. The van der Waals surface area contributed by atoms with Gasteiger partial charge in [0.2, 0.25) is 11.5 Å². The molecule has 0 N–H and O–H groups in total. The summed E-state index contributed by atoms with van der Waals surface area (Å²) in [7, 11) is 0. The third kappa shape index (κ3) is 6.49. The molecule has 0 saturated carbocycles. The van der Waals surface area contributed by atoms with E-state index in [2.05, 4.69) is 13.8 Å². The van der Waals surface area contributed by atoms with Crippen LogP contribution in [0.1, 0.15) is 43.3 Å². The molecule has 4 rings (SSSR count). The number of benzene rings is 3. The number of carbonyl (C=O) groups excluding carboxylic acids is 2. The summed E-state index contributed by atoms with van der Waals surface area (Å²) in [6, 6.07) is 25.0. The van der Waals surface area contributed by atoms with Crippen LogP contribution in [0.2, 0.25) is 0 Å². The number of hydrogen-bond donors (Lipinski definition) is 0. The summed E-state index contributed by atoms with van der Waals surface area (Å²) in [5, 5.41) is 0.916. The molecule has 0 saturated heterocycles. The fraction of sp³-hybridized carbons (Fsp3) is 0.207. The number of nitrogens with zero attached hydrogens (tertiary/aromatic N) is 1. The van der Waals surface area contributed by atoms with Gasteiger partial charge in [-0.2, -0.15) is 4.58 Å². The number of furan rings is 1. The number of carbonyl (C=O) groups is 2. The minimum Gasteiger partial charge on any atom is -0.453 e. The van der Waals surface area contributed by atoms with E-state index in [0.29, 0.717) is 22.8 Å². The summed E-state index contributed by atoms with van der Waals surface area (Å²) >= 11 is 1.62. The van der Waals surface area contributed by atoms with Crippen molar-refractivity contribution < 1.29 is 23.3 Å². The largest absolute Gasteiger partial charge is 0.453 e. The van der Waals surface area contributed by atoms with Gasteiger partial charge in [0, 0.05) is 46.2 Å². The predicted molar refractivity (Wildman–Crippen MR) is 139 cm³/mol. The Labute approximate surface area is 209 Å². The quantitative estimate of drug-likeness (QED) is 0.0830. The molecule has 178 valence electrons. The number of hydrogen-bond acceptors (Lipinski definition) is 5. The van der Waals surface area contributed by atoms with Crippen molar-refractivity contribution in [2.24, 2.45) is 5.92 Å². The van der Waals surface area contributed by atoms with Crippen molar-refractivity contribution in [1.82, 2.24) is 0 Å². The maximum atomic E-state index is 12.8. The first-order valence-electron chi connectivity index (χ1n) is 11.6. The van der Waals surface area contributed by atoms with E-state index in [1.165, 1.54) is 13.3 Å². The highest BCUT2D eigenvalue weighted by Crippen LogP contribution is 2.30. The molecule has 0 unspecified atom stereocenters. The summed E-state index contributed by atoms with van der Waals surface area (Å²) in [6.45, 7) is 6.49. The first-order valence-corrected chi connectivity index (χ1v) is 12.4. The Morgan fingerprint density at radius 1 is 0.971 bits per heavy atom. The highest BCUT2D eigenvalue weighted by Gasteiger charge is 2.15. The molecule has 0 aliphatic heterocycles. The van der Waals surface area contributed by atoms with E-state index >= 15 is 0 Å². The van der Waals surface area contributed by atoms with Crippen LogP contribution in [-0.4, -0.2) is 29.3 Å². The molecular formula is C29H28NO4S+. The monoisotopic (exact) mass is 486 g/mol. The van der Waals surface area contributed by atoms with Gasteiger partial charge in [0.05, 0.1) is 0 Å².